The Morgan fingerprint density at radius 1 is 1.50 bits per heavy atom. The van der Waals surface area contributed by atoms with Crippen molar-refractivity contribution >= 4 is 11.0 Å². The van der Waals surface area contributed by atoms with Gasteiger partial charge in [-0.25, -0.2) is 9.36 Å². The summed E-state index contributed by atoms with van der Waals surface area (Å²) in [6.07, 6.45) is 3.45. The van der Waals surface area contributed by atoms with Crippen LogP contribution in [0.3, 0.4) is 0 Å². The van der Waals surface area contributed by atoms with E-state index in [-0.39, 0.29) is 5.56 Å². The zero-order valence-electron chi connectivity index (χ0n) is 9.51. The van der Waals surface area contributed by atoms with Crippen molar-refractivity contribution in [2.45, 2.75) is 20.4 Å². The first-order chi connectivity index (χ1) is 7.59. The molecule has 0 saturated carbocycles. The van der Waals surface area contributed by atoms with Gasteiger partial charge in [0, 0.05) is 7.05 Å². The maximum absolute atomic E-state index is 11.9. The normalized spacial score (nSPS) is 10.7. The highest BCUT2D eigenvalue weighted by atomic mass is 16.1. The van der Waals surface area contributed by atoms with Gasteiger partial charge >= 0.3 is 0 Å². The molecule has 0 aliphatic rings. The second kappa shape index (κ2) is 3.88. The number of aromatic nitrogens is 5. The molecule has 84 valence electrons. The number of aryl methyl sites for hydroxylation is 1. The molecule has 0 amide bonds. The third-order valence-electron chi connectivity index (χ3n) is 2.29. The lowest BCUT2D eigenvalue weighted by atomic mass is 10.3. The van der Waals surface area contributed by atoms with Crippen LogP contribution in [0.15, 0.2) is 22.6 Å². The van der Waals surface area contributed by atoms with Gasteiger partial charge in [0.2, 0.25) is 0 Å². The summed E-state index contributed by atoms with van der Waals surface area (Å²) in [5.41, 5.74) is 1.49. The van der Waals surface area contributed by atoms with Crippen LogP contribution in [0.25, 0.3) is 11.0 Å². The van der Waals surface area contributed by atoms with E-state index in [1.807, 2.05) is 19.9 Å². The summed E-state index contributed by atoms with van der Waals surface area (Å²) in [5.74, 6) is 0. The van der Waals surface area contributed by atoms with Gasteiger partial charge in [0.1, 0.15) is 5.39 Å². The predicted molar refractivity (Wildman–Crippen MR) is 60.0 cm³/mol. The molecule has 6 nitrogen and oxygen atoms in total. The lowest BCUT2D eigenvalue weighted by Crippen LogP contribution is -2.23. The van der Waals surface area contributed by atoms with Crippen molar-refractivity contribution in [3.8, 4) is 0 Å². The van der Waals surface area contributed by atoms with E-state index in [0.29, 0.717) is 17.6 Å². The number of hydrogen-bond acceptors (Lipinski definition) is 4. The summed E-state index contributed by atoms with van der Waals surface area (Å²) < 4.78 is 2.87. The molecule has 6 heteroatoms. The SMILES string of the molecule is CC(C)=CCn1nnc2c(cnn2C)c1=O. The van der Waals surface area contributed by atoms with Crippen molar-refractivity contribution in [1.29, 1.82) is 0 Å². The summed E-state index contributed by atoms with van der Waals surface area (Å²) in [7, 11) is 1.73. The Balaban J connectivity index is 2.53. The third kappa shape index (κ3) is 1.73. The quantitative estimate of drug-likeness (QED) is 0.689. The van der Waals surface area contributed by atoms with Crippen LogP contribution in [0.5, 0.6) is 0 Å². The van der Waals surface area contributed by atoms with Gasteiger partial charge in [0.15, 0.2) is 5.65 Å². The first-order valence-electron chi connectivity index (χ1n) is 4.98. The first kappa shape index (κ1) is 10.5. The zero-order chi connectivity index (χ0) is 11.7. The Morgan fingerprint density at radius 2 is 2.25 bits per heavy atom. The summed E-state index contributed by atoms with van der Waals surface area (Å²) in [6, 6.07) is 0. The summed E-state index contributed by atoms with van der Waals surface area (Å²) in [5, 5.41) is 12.3. The fraction of sp³-hybridized carbons (Fsp3) is 0.400. The van der Waals surface area contributed by atoms with Crippen LogP contribution in [0.2, 0.25) is 0 Å². The minimum absolute atomic E-state index is 0.157. The van der Waals surface area contributed by atoms with Gasteiger partial charge in [-0.15, -0.1) is 5.10 Å². The van der Waals surface area contributed by atoms with E-state index < -0.39 is 0 Å². The second-order valence-corrected chi connectivity index (χ2v) is 3.86. The molecule has 0 radical (unpaired) electrons. The van der Waals surface area contributed by atoms with Gasteiger partial charge in [-0.2, -0.15) is 5.10 Å². The highest BCUT2D eigenvalue weighted by Gasteiger charge is 2.08. The third-order valence-corrected chi connectivity index (χ3v) is 2.29. The van der Waals surface area contributed by atoms with E-state index in [1.165, 1.54) is 15.6 Å². The van der Waals surface area contributed by atoms with Gasteiger partial charge in [-0.05, 0) is 13.8 Å². The standard InChI is InChI=1S/C10H13N5O/c1-7(2)4-5-15-10(16)8-6-11-14(3)9(8)12-13-15/h4,6H,5H2,1-3H3. The van der Waals surface area contributed by atoms with E-state index in [9.17, 15) is 4.79 Å². The highest BCUT2D eigenvalue weighted by Crippen LogP contribution is 2.01. The molecule has 0 unspecified atom stereocenters. The minimum Gasteiger partial charge on any atom is -0.267 e. The largest absolute Gasteiger partial charge is 0.281 e. The molecule has 0 aliphatic heterocycles. The van der Waals surface area contributed by atoms with Crippen LogP contribution in [0, 0.1) is 0 Å². The molecule has 2 aromatic heterocycles. The molecule has 0 spiro atoms. The van der Waals surface area contributed by atoms with Gasteiger partial charge in [-0.3, -0.25) is 4.79 Å². The zero-order valence-corrected chi connectivity index (χ0v) is 9.51. The molecule has 0 saturated heterocycles. The van der Waals surface area contributed by atoms with E-state index in [4.69, 9.17) is 0 Å². The number of rotatable bonds is 2. The van der Waals surface area contributed by atoms with Crippen LogP contribution in [0.4, 0.5) is 0 Å². The molecule has 0 fully saturated rings. The molecular formula is C10H13N5O. The molecule has 0 aromatic carbocycles. The summed E-state index contributed by atoms with van der Waals surface area (Å²) >= 11 is 0. The van der Waals surface area contributed by atoms with Gasteiger partial charge < -0.3 is 0 Å². The Kier molecular flexibility index (Phi) is 2.55. The molecule has 2 rings (SSSR count). The fourth-order valence-electron chi connectivity index (χ4n) is 1.37. The Bertz CT molecular complexity index is 603. The first-order valence-corrected chi connectivity index (χ1v) is 4.98. The molecule has 2 aromatic rings. The Morgan fingerprint density at radius 3 is 2.94 bits per heavy atom. The van der Waals surface area contributed by atoms with E-state index in [2.05, 4.69) is 15.4 Å². The summed E-state index contributed by atoms with van der Waals surface area (Å²) in [4.78, 5) is 11.9. The van der Waals surface area contributed by atoms with Crippen molar-refractivity contribution in [2.24, 2.45) is 7.05 Å². The fourth-order valence-corrected chi connectivity index (χ4v) is 1.37. The van der Waals surface area contributed by atoms with Crippen molar-refractivity contribution in [1.82, 2.24) is 24.8 Å². The van der Waals surface area contributed by atoms with Crippen molar-refractivity contribution in [2.75, 3.05) is 0 Å². The van der Waals surface area contributed by atoms with Crippen LogP contribution < -0.4 is 5.56 Å². The second-order valence-electron chi connectivity index (χ2n) is 3.86. The monoisotopic (exact) mass is 219 g/mol. The van der Waals surface area contributed by atoms with Gasteiger partial charge in [0.05, 0.1) is 12.7 Å². The Labute approximate surface area is 92.2 Å². The van der Waals surface area contributed by atoms with Crippen molar-refractivity contribution < 1.29 is 0 Å². The maximum atomic E-state index is 11.9. The van der Waals surface area contributed by atoms with Crippen LogP contribution in [-0.4, -0.2) is 24.8 Å². The molecule has 0 atom stereocenters. The molecule has 0 N–H and O–H groups in total. The van der Waals surface area contributed by atoms with Crippen LogP contribution >= 0.6 is 0 Å². The molecular weight excluding hydrogens is 206 g/mol. The number of hydrogen-bond donors (Lipinski definition) is 0. The Hall–Kier alpha value is -1.98. The van der Waals surface area contributed by atoms with Crippen LogP contribution in [-0.2, 0) is 13.6 Å². The average molecular weight is 219 g/mol. The van der Waals surface area contributed by atoms with Crippen LogP contribution in [0.1, 0.15) is 13.8 Å². The average Bonchev–Trinajstić information content (AvgIpc) is 2.60. The number of nitrogens with zero attached hydrogens (tertiary/aromatic N) is 5. The lowest BCUT2D eigenvalue weighted by Gasteiger charge is -1.99. The predicted octanol–water partition coefficient (Wildman–Crippen LogP) is 0.491. The maximum Gasteiger partial charge on any atom is 0.281 e. The minimum atomic E-state index is -0.157. The van der Waals surface area contributed by atoms with E-state index in [1.54, 1.807) is 7.05 Å². The number of fused-ring (bicyclic) bond motifs is 1. The summed E-state index contributed by atoms with van der Waals surface area (Å²) in [6.45, 7) is 4.39. The van der Waals surface area contributed by atoms with E-state index >= 15 is 0 Å². The van der Waals surface area contributed by atoms with Crippen molar-refractivity contribution in [3.63, 3.8) is 0 Å². The molecule has 0 aliphatic carbocycles. The lowest BCUT2D eigenvalue weighted by molar-refractivity contribution is 0.603. The van der Waals surface area contributed by atoms with Crippen molar-refractivity contribution in [3.05, 3.63) is 28.2 Å². The van der Waals surface area contributed by atoms with Gasteiger partial charge in [-0.1, -0.05) is 16.9 Å². The van der Waals surface area contributed by atoms with Gasteiger partial charge in [0.25, 0.3) is 5.56 Å². The highest BCUT2D eigenvalue weighted by molar-refractivity contribution is 5.72. The number of allylic oxidation sites excluding steroid dienone is 2. The molecule has 0 bridgehead atoms. The molecule has 16 heavy (non-hydrogen) atoms. The topological polar surface area (TPSA) is 65.6 Å². The molecule has 2 heterocycles. The van der Waals surface area contributed by atoms with E-state index in [0.717, 1.165) is 5.57 Å². The smallest absolute Gasteiger partial charge is 0.267 e.